The van der Waals surface area contributed by atoms with Gasteiger partial charge < -0.3 is 5.32 Å². The molecule has 0 bridgehead atoms. The number of nitrogens with one attached hydrogen (secondary N) is 1. The first kappa shape index (κ1) is 13.7. The number of hydrogen-bond donors (Lipinski definition) is 1. The monoisotopic (exact) mass is 259 g/mol. The standard InChI is InChI=1S/C14H21N5/c1-4-12-6-8-13(9-7-12)10-19-14(16-17-18-19)11(3)15-5-2/h6-9,11,15H,4-5,10H2,1-3H3. The van der Waals surface area contributed by atoms with Crippen LogP contribution in [0.1, 0.15) is 43.8 Å². The Kier molecular flexibility index (Phi) is 4.63. The zero-order chi connectivity index (χ0) is 13.7. The SMILES string of the molecule is CCNC(C)c1nnnn1Cc1ccc(CC)cc1. The Balaban J connectivity index is 2.12. The summed E-state index contributed by atoms with van der Waals surface area (Å²) in [6.07, 6.45) is 1.06. The third-order valence-electron chi connectivity index (χ3n) is 3.22. The molecule has 19 heavy (non-hydrogen) atoms. The second-order valence-corrected chi connectivity index (χ2v) is 4.64. The number of nitrogens with zero attached hydrogens (tertiary/aromatic N) is 4. The van der Waals surface area contributed by atoms with Gasteiger partial charge in [-0.1, -0.05) is 38.1 Å². The van der Waals surface area contributed by atoms with Gasteiger partial charge in [-0.15, -0.1) is 5.10 Å². The highest BCUT2D eigenvalue weighted by Gasteiger charge is 2.13. The summed E-state index contributed by atoms with van der Waals surface area (Å²) in [5.41, 5.74) is 2.57. The lowest BCUT2D eigenvalue weighted by atomic mass is 10.1. The second-order valence-electron chi connectivity index (χ2n) is 4.64. The van der Waals surface area contributed by atoms with Crippen LogP contribution in [0.2, 0.25) is 0 Å². The Morgan fingerprint density at radius 1 is 1.16 bits per heavy atom. The number of hydrogen-bond acceptors (Lipinski definition) is 4. The van der Waals surface area contributed by atoms with E-state index in [-0.39, 0.29) is 6.04 Å². The Bertz CT molecular complexity index is 503. The summed E-state index contributed by atoms with van der Waals surface area (Å²) in [5.74, 6) is 0.876. The van der Waals surface area contributed by atoms with Crippen molar-refractivity contribution < 1.29 is 0 Å². The van der Waals surface area contributed by atoms with Gasteiger partial charge in [0.2, 0.25) is 0 Å². The summed E-state index contributed by atoms with van der Waals surface area (Å²) in [7, 11) is 0. The van der Waals surface area contributed by atoms with Gasteiger partial charge in [0.1, 0.15) is 0 Å². The topological polar surface area (TPSA) is 55.6 Å². The predicted molar refractivity (Wildman–Crippen MR) is 74.8 cm³/mol. The number of rotatable bonds is 6. The second kappa shape index (κ2) is 6.43. The van der Waals surface area contributed by atoms with Crippen molar-refractivity contribution in [3.63, 3.8) is 0 Å². The van der Waals surface area contributed by atoms with E-state index >= 15 is 0 Å². The maximum atomic E-state index is 4.10. The molecule has 2 aromatic rings. The van der Waals surface area contributed by atoms with E-state index in [1.54, 1.807) is 0 Å². The van der Waals surface area contributed by atoms with E-state index in [0.29, 0.717) is 6.54 Å². The van der Waals surface area contributed by atoms with Crippen LogP contribution in [0.5, 0.6) is 0 Å². The van der Waals surface area contributed by atoms with Gasteiger partial charge in [0, 0.05) is 0 Å². The molecule has 0 spiro atoms. The Morgan fingerprint density at radius 2 is 1.84 bits per heavy atom. The van der Waals surface area contributed by atoms with Crippen molar-refractivity contribution in [2.45, 2.75) is 39.8 Å². The van der Waals surface area contributed by atoms with E-state index in [9.17, 15) is 0 Å². The van der Waals surface area contributed by atoms with E-state index in [0.717, 1.165) is 18.8 Å². The summed E-state index contributed by atoms with van der Waals surface area (Å²) in [6, 6.07) is 8.76. The fourth-order valence-corrected chi connectivity index (χ4v) is 2.09. The van der Waals surface area contributed by atoms with Crippen LogP contribution in [0, 0.1) is 0 Å². The Labute approximate surface area is 114 Å². The maximum absolute atomic E-state index is 4.10. The molecule has 2 rings (SSSR count). The molecule has 5 heteroatoms. The van der Waals surface area contributed by atoms with Crippen LogP contribution in [0.3, 0.4) is 0 Å². The van der Waals surface area contributed by atoms with E-state index in [1.165, 1.54) is 11.1 Å². The third kappa shape index (κ3) is 3.38. The van der Waals surface area contributed by atoms with Crippen molar-refractivity contribution in [2.75, 3.05) is 6.54 Å². The van der Waals surface area contributed by atoms with Crippen molar-refractivity contribution in [3.05, 3.63) is 41.2 Å². The van der Waals surface area contributed by atoms with Crippen molar-refractivity contribution in [2.24, 2.45) is 0 Å². The highest BCUT2D eigenvalue weighted by molar-refractivity contribution is 5.22. The minimum atomic E-state index is 0.162. The highest BCUT2D eigenvalue weighted by atomic mass is 15.5. The van der Waals surface area contributed by atoms with Crippen LogP contribution in [0.15, 0.2) is 24.3 Å². The zero-order valence-corrected chi connectivity index (χ0v) is 11.8. The van der Waals surface area contributed by atoms with E-state index < -0.39 is 0 Å². The molecule has 1 aromatic heterocycles. The molecule has 1 N–H and O–H groups in total. The van der Waals surface area contributed by atoms with Crippen molar-refractivity contribution >= 4 is 0 Å². The van der Waals surface area contributed by atoms with Crippen LogP contribution in [0.4, 0.5) is 0 Å². The van der Waals surface area contributed by atoms with Gasteiger partial charge >= 0.3 is 0 Å². The van der Waals surface area contributed by atoms with Gasteiger partial charge in [0.05, 0.1) is 12.6 Å². The molecule has 0 aliphatic rings. The van der Waals surface area contributed by atoms with Gasteiger partial charge in [0.15, 0.2) is 5.82 Å². The first-order valence-electron chi connectivity index (χ1n) is 6.81. The number of tetrazole rings is 1. The third-order valence-corrected chi connectivity index (χ3v) is 3.22. The number of benzene rings is 1. The molecular weight excluding hydrogens is 238 g/mol. The molecule has 5 nitrogen and oxygen atoms in total. The summed E-state index contributed by atoms with van der Waals surface area (Å²) >= 11 is 0. The van der Waals surface area contributed by atoms with Crippen molar-refractivity contribution in [1.82, 2.24) is 25.5 Å². The van der Waals surface area contributed by atoms with Gasteiger partial charge in [-0.3, -0.25) is 0 Å². The molecule has 0 saturated carbocycles. The molecule has 0 fully saturated rings. The summed E-state index contributed by atoms with van der Waals surface area (Å²) < 4.78 is 1.86. The molecule has 0 amide bonds. The van der Waals surface area contributed by atoms with Crippen LogP contribution < -0.4 is 5.32 Å². The Hall–Kier alpha value is -1.75. The minimum absolute atomic E-state index is 0.162. The van der Waals surface area contributed by atoms with E-state index in [2.05, 4.69) is 65.9 Å². The fourth-order valence-electron chi connectivity index (χ4n) is 2.09. The maximum Gasteiger partial charge on any atom is 0.168 e. The van der Waals surface area contributed by atoms with E-state index in [1.807, 2.05) is 4.68 Å². The molecule has 1 unspecified atom stereocenters. The lowest BCUT2D eigenvalue weighted by molar-refractivity contribution is 0.516. The number of aryl methyl sites for hydroxylation is 1. The van der Waals surface area contributed by atoms with Gasteiger partial charge in [0.25, 0.3) is 0 Å². The molecular formula is C14H21N5. The van der Waals surface area contributed by atoms with Crippen LogP contribution in [0.25, 0.3) is 0 Å². The smallest absolute Gasteiger partial charge is 0.168 e. The number of aromatic nitrogens is 4. The molecule has 0 saturated heterocycles. The van der Waals surface area contributed by atoms with Gasteiger partial charge in [-0.2, -0.15) is 0 Å². The minimum Gasteiger partial charge on any atom is -0.308 e. The summed E-state index contributed by atoms with van der Waals surface area (Å²) in [5, 5.41) is 15.3. The average molecular weight is 259 g/mol. The lowest BCUT2D eigenvalue weighted by Crippen LogP contribution is -2.22. The first-order valence-corrected chi connectivity index (χ1v) is 6.81. The van der Waals surface area contributed by atoms with Crippen LogP contribution in [-0.4, -0.2) is 26.8 Å². The summed E-state index contributed by atoms with van der Waals surface area (Å²) in [4.78, 5) is 0. The quantitative estimate of drug-likeness (QED) is 0.861. The van der Waals surface area contributed by atoms with Crippen molar-refractivity contribution in [1.29, 1.82) is 0 Å². The molecule has 1 aromatic carbocycles. The van der Waals surface area contributed by atoms with Gasteiger partial charge in [-0.05, 0) is 41.4 Å². The highest BCUT2D eigenvalue weighted by Crippen LogP contribution is 2.11. The lowest BCUT2D eigenvalue weighted by Gasteiger charge is -2.12. The molecule has 1 heterocycles. The van der Waals surface area contributed by atoms with Gasteiger partial charge in [-0.25, -0.2) is 4.68 Å². The van der Waals surface area contributed by atoms with Crippen molar-refractivity contribution in [3.8, 4) is 0 Å². The molecule has 0 aliphatic heterocycles. The molecule has 0 aliphatic carbocycles. The zero-order valence-electron chi connectivity index (χ0n) is 11.8. The fraction of sp³-hybridized carbons (Fsp3) is 0.500. The first-order chi connectivity index (χ1) is 9.24. The van der Waals surface area contributed by atoms with E-state index in [4.69, 9.17) is 0 Å². The average Bonchev–Trinajstić information content (AvgIpc) is 2.88. The molecule has 1 atom stereocenters. The summed E-state index contributed by atoms with van der Waals surface area (Å²) in [6.45, 7) is 7.92. The van der Waals surface area contributed by atoms with Crippen LogP contribution >= 0.6 is 0 Å². The normalized spacial score (nSPS) is 12.6. The predicted octanol–water partition coefficient (Wildman–Crippen LogP) is 1.95. The van der Waals surface area contributed by atoms with Crippen LogP contribution in [-0.2, 0) is 13.0 Å². The largest absolute Gasteiger partial charge is 0.308 e. The molecule has 0 radical (unpaired) electrons. The Morgan fingerprint density at radius 3 is 2.47 bits per heavy atom. The molecule has 102 valence electrons.